The van der Waals surface area contributed by atoms with Gasteiger partial charge in [-0.25, -0.2) is 0 Å². The first-order valence-electron chi connectivity index (χ1n) is 3.26. The number of ether oxygens (including phenoxy) is 1. The number of halogens is 1. The minimum Gasteiger partial charge on any atom is -0.496 e. The van der Waals surface area contributed by atoms with Crippen molar-refractivity contribution in [3.05, 3.63) is 23.8 Å². The summed E-state index contributed by atoms with van der Waals surface area (Å²) in [6.07, 6.45) is 0. The highest BCUT2D eigenvalue weighted by Crippen LogP contribution is 2.23. The number of methoxy groups -OCH3 is 1. The number of nitrogens with two attached hydrogens (primary N) is 1. The lowest BCUT2D eigenvalue weighted by Crippen LogP contribution is -1.91. The predicted molar refractivity (Wildman–Crippen MR) is 50.0 cm³/mol. The average Bonchev–Trinajstić information content (AvgIpc) is 2.04. The Labute approximate surface area is 74.5 Å². The molecule has 0 radical (unpaired) electrons. The summed E-state index contributed by atoms with van der Waals surface area (Å²) in [4.78, 5) is 0. The molecule has 3 heteroatoms. The van der Waals surface area contributed by atoms with Crippen LogP contribution in [0.5, 0.6) is 5.75 Å². The van der Waals surface area contributed by atoms with Gasteiger partial charge in [-0.15, -0.1) is 0 Å². The van der Waals surface area contributed by atoms with Gasteiger partial charge in [0.1, 0.15) is 5.75 Å². The third kappa shape index (κ3) is 1.87. The van der Waals surface area contributed by atoms with Gasteiger partial charge in [-0.05, 0) is 6.07 Å². The first-order chi connectivity index (χ1) is 5.27. The molecule has 0 heterocycles. The monoisotopic (exact) mass is 215 g/mol. The average molecular weight is 216 g/mol. The molecule has 0 fully saturated rings. The van der Waals surface area contributed by atoms with Gasteiger partial charge in [0.2, 0.25) is 0 Å². The Hall–Kier alpha value is -0.700. The molecule has 11 heavy (non-hydrogen) atoms. The van der Waals surface area contributed by atoms with Crippen LogP contribution in [0.2, 0.25) is 0 Å². The maximum Gasteiger partial charge on any atom is 0.124 e. The number of anilines is 1. The molecule has 1 aromatic rings. The molecule has 0 aliphatic heterocycles. The summed E-state index contributed by atoms with van der Waals surface area (Å²) in [6.45, 7) is 0. The fraction of sp³-hybridized carbons (Fsp3) is 0.250. The van der Waals surface area contributed by atoms with Gasteiger partial charge >= 0.3 is 0 Å². The third-order valence-corrected chi connectivity index (χ3v) is 2.06. The second kappa shape index (κ2) is 3.62. The first kappa shape index (κ1) is 8.40. The molecule has 1 aromatic carbocycles. The van der Waals surface area contributed by atoms with Crippen LogP contribution in [0.15, 0.2) is 18.2 Å². The number of rotatable bonds is 2. The Morgan fingerprint density at radius 2 is 2.27 bits per heavy atom. The molecule has 0 aromatic heterocycles. The Morgan fingerprint density at radius 3 is 2.82 bits per heavy atom. The molecule has 0 aliphatic rings. The van der Waals surface area contributed by atoms with E-state index in [4.69, 9.17) is 10.5 Å². The standard InChI is InChI=1S/C8H10BrNO/c1-11-8-4-7(10)3-2-6(8)5-9/h2-4H,5,10H2,1H3. The van der Waals surface area contributed by atoms with Crippen LogP contribution in [-0.2, 0) is 5.33 Å². The molecule has 2 nitrogen and oxygen atoms in total. The van der Waals surface area contributed by atoms with Gasteiger partial charge in [-0.1, -0.05) is 22.0 Å². The largest absolute Gasteiger partial charge is 0.496 e. The van der Waals surface area contributed by atoms with Crippen molar-refractivity contribution in [2.24, 2.45) is 0 Å². The molecule has 0 spiro atoms. The van der Waals surface area contributed by atoms with Crippen molar-refractivity contribution in [2.45, 2.75) is 5.33 Å². The van der Waals surface area contributed by atoms with Crippen LogP contribution in [-0.4, -0.2) is 7.11 Å². The second-order valence-corrected chi connectivity index (χ2v) is 2.77. The summed E-state index contributed by atoms with van der Waals surface area (Å²) in [7, 11) is 1.64. The van der Waals surface area contributed by atoms with Crippen molar-refractivity contribution >= 4 is 21.6 Å². The van der Waals surface area contributed by atoms with Crippen LogP contribution in [0, 0.1) is 0 Å². The summed E-state index contributed by atoms with van der Waals surface area (Å²) < 4.78 is 5.11. The summed E-state index contributed by atoms with van der Waals surface area (Å²) >= 11 is 3.35. The Balaban J connectivity index is 3.06. The smallest absolute Gasteiger partial charge is 0.124 e. The van der Waals surface area contributed by atoms with Gasteiger partial charge in [-0.3, -0.25) is 0 Å². The van der Waals surface area contributed by atoms with Crippen LogP contribution < -0.4 is 10.5 Å². The summed E-state index contributed by atoms with van der Waals surface area (Å²) in [5.41, 5.74) is 7.40. The van der Waals surface area contributed by atoms with Crippen LogP contribution in [0.1, 0.15) is 5.56 Å². The van der Waals surface area contributed by atoms with E-state index in [1.165, 1.54) is 0 Å². The fourth-order valence-corrected chi connectivity index (χ4v) is 1.33. The topological polar surface area (TPSA) is 35.2 Å². The molecular formula is C8H10BrNO. The Bertz CT molecular complexity index is 250. The molecule has 0 amide bonds. The maximum absolute atomic E-state index is 5.56. The predicted octanol–water partition coefficient (Wildman–Crippen LogP) is 2.17. The van der Waals surface area contributed by atoms with Gasteiger partial charge in [0.05, 0.1) is 7.11 Å². The zero-order valence-corrected chi connectivity index (χ0v) is 7.89. The number of alkyl halides is 1. The second-order valence-electron chi connectivity index (χ2n) is 2.20. The lowest BCUT2D eigenvalue weighted by Gasteiger charge is -2.05. The molecule has 0 saturated carbocycles. The SMILES string of the molecule is COc1cc(N)ccc1CBr. The van der Waals surface area contributed by atoms with Gasteiger partial charge in [0, 0.05) is 22.6 Å². The van der Waals surface area contributed by atoms with Crippen molar-refractivity contribution in [1.29, 1.82) is 0 Å². The van der Waals surface area contributed by atoms with E-state index in [1.54, 1.807) is 7.11 Å². The molecule has 0 aliphatic carbocycles. The highest BCUT2D eigenvalue weighted by atomic mass is 79.9. The van der Waals surface area contributed by atoms with Crippen molar-refractivity contribution in [2.75, 3.05) is 12.8 Å². The van der Waals surface area contributed by atoms with E-state index in [1.807, 2.05) is 18.2 Å². The van der Waals surface area contributed by atoms with Gasteiger partial charge in [0.15, 0.2) is 0 Å². The number of nitrogen functional groups attached to an aromatic ring is 1. The lowest BCUT2D eigenvalue weighted by molar-refractivity contribution is 0.411. The molecule has 2 N–H and O–H groups in total. The molecule has 0 atom stereocenters. The molecule has 0 bridgehead atoms. The first-order valence-corrected chi connectivity index (χ1v) is 4.38. The summed E-state index contributed by atoms with van der Waals surface area (Å²) in [6, 6.07) is 5.62. The number of benzene rings is 1. The Kier molecular flexibility index (Phi) is 2.76. The normalized spacial score (nSPS) is 9.64. The minimum absolute atomic E-state index is 0.728. The molecule has 60 valence electrons. The van der Waals surface area contributed by atoms with Gasteiger partial charge in [0.25, 0.3) is 0 Å². The summed E-state index contributed by atoms with van der Waals surface area (Å²) in [5, 5.41) is 0.788. The molecule has 1 rings (SSSR count). The van der Waals surface area contributed by atoms with E-state index in [-0.39, 0.29) is 0 Å². The van der Waals surface area contributed by atoms with Gasteiger partial charge < -0.3 is 10.5 Å². The van der Waals surface area contributed by atoms with Crippen LogP contribution in [0.25, 0.3) is 0 Å². The molecule has 0 saturated heterocycles. The van der Waals surface area contributed by atoms with E-state index in [2.05, 4.69) is 15.9 Å². The maximum atomic E-state index is 5.56. The van der Waals surface area contributed by atoms with E-state index >= 15 is 0 Å². The summed E-state index contributed by atoms with van der Waals surface area (Å²) in [5.74, 6) is 0.835. The number of hydrogen-bond acceptors (Lipinski definition) is 2. The fourth-order valence-electron chi connectivity index (χ4n) is 0.872. The van der Waals surface area contributed by atoms with E-state index < -0.39 is 0 Å². The van der Waals surface area contributed by atoms with E-state index in [9.17, 15) is 0 Å². The van der Waals surface area contributed by atoms with Crippen molar-refractivity contribution in [3.8, 4) is 5.75 Å². The molecular weight excluding hydrogens is 206 g/mol. The highest BCUT2D eigenvalue weighted by molar-refractivity contribution is 9.08. The van der Waals surface area contributed by atoms with Crippen LogP contribution in [0.3, 0.4) is 0 Å². The van der Waals surface area contributed by atoms with E-state index in [0.29, 0.717) is 0 Å². The van der Waals surface area contributed by atoms with Crippen molar-refractivity contribution < 1.29 is 4.74 Å². The van der Waals surface area contributed by atoms with Gasteiger partial charge in [-0.2, -0.15) is 0 Å². The van der Waals surface area contributed by atoms with Crippen molar-refractivity contribution in [3.63, 3.8) is 0 Å². The highest BCUT2D eigenvalue weighted by Gasteiger charge is 1.99. The third-order valence-electron chi connectivity index (χ3n) is 1.46. The quantitative estimate of drug-likeness (QED) is 0.607. The number of hydrogen-bond donors (Lipinski definition) is 1. The lowest BCUT2D eigenvalue weighted by atomic mass is 10.2. The van der Waals surface area contributed by atoms with Crippen molar-refractivity contribution in [1.82, 2.24) is 0 Å². The zero-order chi connectivity index (χ0) is 8.27. The minimum atomic E-state index is 0.728. The molecule has 0 unspecified atom stereocenters. The van der Waals surface area contributed by atoms with Crippen LogP contribution >= 0.6 is 15.9 Å². The zero-order valence-electron chi connectivity index (χ0n) is 6.30. The van der Waals surface area contributed by atoms with Crippen LogP contribution in [0.4, 0.5) is 5.69 Å². The Morgan fingerprint density at radius 1 is 1.55 bits per heavy atom. The van der Waals surface area contributed by atoms with E-state index in [0.717, 1.165) is 22.3 Å².